The number of aliphatic carboxylic acids is 4. The highest BCUT2D eigenvalue weighted by Gasteiger charge is 2.34. The summed E-state index contributed by atoms with van der Waals surface area (Å²) in [6.07, 6.45) is -2.39. The van der Waals surface area contributed by atoms with Gasteiger partial charge in [-0.25, -0.2) is 9.97 Å². The molecular formula is C41H52N12O17S2. The molecule has 0 aliphatic heterocycles. The molecule has 0 saturated carbocycles. The fourth-order valence-electron chi connectivity index (χ4n) is 5.90. The number of hydrogen-bond donors (Lipinski definition) is 13. The van der Waals surface area contributed by atoms with Gasteiger partial charge in [-0.05, 0) is 44.5 Å². The van der Waals surface area contributed by atoms with Crippen LogP contribution in [-0.4, -0.2) is 160 Å². The van der Waals surface area contributed by atoms with Gasteiger partial charge in [0.05, 0.1) is 37.7 Å². The van der Waals surface area contributed by atoms with Crippen molar-refractivity contribution in [1.82, 2.24) is 51.8 Å². The highest BCUT2D eigenvalue weighted by Crippen LogP contribution is 2.22. The molecule has 0 fully saturated rings. The summed E-state index contributed by atoms with van der Waals surface area (Å²) in [6.45, 7) is 4.03. The van der Waals surface area contributed by atoms with Gasteiger partial charge >= 0.3 is 29.8 Å². The van der Waals surface area contributed by atoms with Crippen molar-refractivity contribution in [3.63, 3.8) is 0 Å². The van der Waals surface area contributed by atoms with Crippen molar-refractivity contribution in [1.29, 1.82) is 0 Å². The second-order valence-corrected chi connectivity index (χ2v) is 18.1. The standard InChI is InChI=1S/C41H52N12O17S2/c1-18(45-34(62)21-5-7-22(8-6-21)43-15-23-16-44-33-32(47-23)39(67)53-41(42)52-33)4-9-28(55)48-24(12-29(56)57)35(63)49-25(13-30(58)59)36(64)50-26(14-31(60)61)37(65)51-27(38(66)46-19(2)40(68)69)17-72-71-11-10-70-20(3)54/h5-8,16,18-19,24-27,43H,4,9-15,17H2,1-3H3,(H,45,62)(H,46,66)(H,48,55)(H,49,63)(H,50,64)(H,51,65)(H,56,57)(H,58,59)(H,60,61)(H,68,69)(H3,42,44,52,53,67)/t18-,19+,24+,25+,26+,27+/m1/s1. The lowest BCUT2D eigenvalue weighted by Gasteiger charge is -2.25. The highest BCUT2D eigenvalue weighted by atomic mass is 33.1. The Morgan fingerprint density at radius 3 is 1.81 bits per heavy atom. The fourth-order valence-corrected chi connectivity index (χ4v) is 7.89. The molecule has 0 bridgehead atoms. The first-order valence-corrected chi connectivity index (χ1v) is 23.8. The summed E-state index contributed by atoms with van der Waals surface area (Å²) >= 11 is 0. The maximum absolute atomic E-state index is 13.4. The molecule has 14 N–H and O–H groups in total. The number of H-pyrrole nitrogens is 1. The summed E-state index contributed by atoms with van der Waals surface area (Å²) < 4.78 is 4.81. The molecule has 0 aliphatic carbocycles. The minimum Gasteiger partial charge on any atom is -0.481 e. The van der Waals surface area contributed by atoms with Crippen molar-refractivity contribution >= 4 is 110 Å². The van der Waals surface area contributed by atoms with Gasteiger partial charge in [-0.1, -0.05) is 21.6 Å². The first-order chi connectivity index (χ1) is 33.9. The van der Waals surface area contributed by atoms with E-state index in [1.165, 1.54) is 25.3 Å². The molecule has 0 unspecified atom stereocenters. The number of aromatic amines is 1. The van der Waals surface area contributed by atoms with Crippen molar-refractivity contribution in [2.24, 2.45) is 0 Å². The van der Waals surface area contributed by atoms with Gasteiger partial charge in [-0.3, -0.25) is 62.5 Å². The number of fused-ring (bicyclic) bond motifs is 1. The summed E-state index contributed by atoms with van der Waals surface area (Å²) in [5.74, 6) is -13.6. The van der Waals surface area contributed by atoms with Crippen LogP contribution in [0.4, 0.5) is 11.6 Å². The molecule has 1 aromatic carbocycles. The quantitative estimate of drug-likeness (QED) is 0.0190. The second-order valence-electron chi connectivity index (χ2n) is 15.4. The minimum absolute atomic E-state index is 0.00132. The van der Waals surface area contributed by atoms with Crippen LogP contribution < -0.4 is 48.5 Å². The van der Waals surface area contributed by atoms with Crippen molar-refractivity contribution in [3.8, 4) is 0 Å². The number of carbonyl (C=O) groups is 11. The van der Waals surface area contributed by atoms with Crippen molar-refractivity contribution in [2.45, 2.75) is 95.7 Å². The van der Waals surface area contributed by atoms with Crippen LogP contribution in [0.25, 0.3) is 11.2 Å². The van der Waals surface area contributed by atoms with Crippen LogP contribution in [0.1, 0.15) is 68.9 Å². The smallest absolute Gasteiger partial charge is 0.325 e. The number of aromatic nitrogens is 4. The lowest BCUT2D eigenvalue weighted by atomic mass is 10.1. The Balaban J connectivity index is 1.61. The Morgan fingerprint density at radius 2 is 1.26 bits per heavy atom. The van der Waals surface area contributed by atoms with Gasteiger partial charge in [0.2, 0.25) is 35.5 Å². The molecule has 29 nitrogen and oxygen atoms in total. The van der Waals surface area contributed by atoms with E-state index in [9.17, 15) is 78.0 Å². The van der Waals surface area contributed by atoms with E-state index in [-0.39, 0.29) is 60.2 Å². The summed E-state index contributed by atoms with van der Waals surface area (Å²) in [5.41, 5.74) is 6.30. The maximum Gasteiger partial charge on any atom is 0.325 e. The molecule has 6 amide bonds. The molecule has 0 saturated heterocycles. The molecule has 72 heavy (non-hydrogen) atoms. The van der Waals surface area contributed by atoms with Crippen LogP contribution in [0.2, 0.25) is 0 Å². The third-order valence-corrected chi connectivity index (χ3v) is 11.9. The Kier molecular flexibility index (Phi) is 23.1. The second kappa shape index (κ2) is 28.5. The van der Waals surface area contributed by atoms with Crippen molar-refractivity contribution in [3.05, 3.63) is 52.1 Å². The third kappa shape index (κ3) is 20.5. The number of anilines is 2. The number of benzene rings is 1. The van der Waals surface area contributed by atoms with E-state index in [0.29, 0.717) is 11.4 Å². The zero-order valence-electron chi connectivity index (χ0n) is 38.5. The molecule has 6 atom stereocenters. The lowest BCUT2D eigenvalue weighted by Crippen LogP contribution is -2.59. The Bertz CT molecular complexity index is 2570. The van der Waals surface area contributed by atoms with Crippen LogP contribution in [0.15, 0.2) is 35.3 Å². The molecule has 390 valence electrons. The van der Waals surface area contributed by atoms with Gasteiger partial charge in [0, 0.05) is 42.1 Å². The van der Waals surface area contributed by atoms with Crippen LogP contribution in [0.3, 0.4) is 0 Å². The van der Waals surface area contributed by atoms with Gasteiger partial charge in [0.1, 0.15) is 36.8 Å². The highest BCUT2D eigenvalue weighted by molar-refractivity contribution is 8.76. The first kappa shape index (κ1) is 58.2. The van der Waals surface area contributed by atoms with Crippen molar-refractivity contribution in [2.75, 3.05) is 29.2 Å². The molecule has 0 spiro atoms. The summed E-state index contributed by atoms with van der Waals surface area (Å²) in [4.78, 5) is 164. The Labute approximate surface area is 415 Å². The van der Waals surface area contributed by atoms with E-state index in [2.05, 4.69) is 46.5 Å². The fraction of sp³-hybridized carbons (Fsp3) is 0.439. The van der Waals surface area contributed by atoms with Crippen LogP contribution in [0, 0.1) is 0 Å². The average Bonchev–Trinajstić information content (AvgIpc) is 3.29. The number of nitrogens with two attached hydrogens (primary N) is 1. The van der Waals surface area contributed by atoms with Crippen LogP contribution >= 0.6 is 21.6 Å². The van der Waals surface area contributed by atoms with Gasteiger partial charge in [-0.2, -0.15) is 4.98 Å². The van der Waals surface area contributed by atoms with E-state index >= 15 is 0 Å². The molecule has 2 aromatic heterocycles. The van der Waals surface area contributed by atoms with E-state index in [0.717, 1.165) is 28.5 Å². The molecule has 3 rings (SSSR count). The summed E-state index contributed by atoms with van der Waals surface area (Å²) in [6, 6.07) is -3.45. The number of esters is 1. The summed E-state index contributed by atoms with van der Waals surface area (Å²) in [5, 5.41) is 54.2. The largest absolute Gasteiger partial charge is 0.481 e. The number of carboxylic acids is 4. The number of nitrogen functional groups attached to an aromatic ring is 1. The molecule has 2 heterocycles. The zero-order chi connectivity index (χ0) is 53.7. The third-order valence-electron chi connectivity index (χ3n) is 9.49. The topological polar surface area (TPSA) is 460 Å². The van der Waals surface area contributed by atoms with E-state index in [1.807, 2.05) is 10.6 Å². The molecule has 0 radical (unpaired) electrons. The predicted octanol–water partition coefficient (Wildman–Crippen LogP) is -2.30. The number of hydrogen-bond acceptors (Lipinski definition) is 20. The SMILES string of the molecule is CC(=O)OCCSSC[C@H](NC(=O)[C@H](CC(=O)O)NC(=O)[C@H](CC(=O)O)NC(=O)[C@H](CC(=O)O)NC(=O)CC[C@@H](C)NC(=O)c1ccc(NCc2cnc3nc(N)[nH]c(=O)c3n2)cc1)C(=O)N[C@@H](C)C(=O)O. The van der Waals surface area contributed by atoms with Crippen LogP contribution in [-0.2, 0) is 59.2 Å². The lowest BCUT2D eigenvalue weighted by molar-refractivity contribution is -0.144. The van der Waals surface area contributed by atoms with E-state index < -0.39 is 126 Å². The maximum atomic E-state index is 13.4. The normalized spacial score (nSPS) is 13.3. The minimum atomic E-state index is -2.10. The van der Waals surface area contributed by atoms with Gasteiger partial charge < -0.3 is 68.1 Å². The Hall–Kier alpha value is -8.09. The van der Waals surface area contributed by atoms with Crippen molar-refractivity contribution < 1.29 is 77.9 Å². The number of nitrogens with one attached hydrogen (secondary N) is 8. The summed E-state index contributed by atoms with van der Waals surface area (Å²) in [7, 11) is 2.07. The van der Waals surface area contributed by atoms with Gasteiger partial charge in [0.25, 0.3) is 11.5 Å². The molecular weight excluding hydrogens is 997 g/mol. The molecule has 31 heteroatoms. The zero-order valence-corrected chi connectivity index (χ0v) is 40.2. The average molecular weight is 1050 g/mol. The van der Waals surface area contributed by atoms with Gasteiger partial charge in [-0.15, -0.1) is 0 Å². The van der Waals surface area contributed by atoms with Crippen LogP contribution in [0.5, 0.6) is 0 Å². The van der Waals surface area contributed by atoms with E-state index in [1.54, 1.807) is 19.1 Å². The number of ether oxygens (including phenoxy) is 1. The monoisotopic (exact) mass is 1050 g/mol. The molecule has 3 aromatic rings. The van der Waals surface area contributed by atoms with E-state index in [4.69, 9.17) is 10.5 Å². The predicted molar refractivity (Wildman–Crippen MR) is 254 cm³/mol. The number of amides is 6. The van der Waals surface area contributed by atoms with Gasteiger partial charge in [0.15, 0.2) is 11.2 Å². The number of carboxylic acid groups (broad SMARTS) is 4. The first-order valence-electron chi connectivity index (χ1n) is 21.3. The number of nitrogens with zero attached hydrogens (tertiary/aromatic N) is 3. The molecule has 0 aliphatic rings. The Morgan fingerprint density at radius 1 is 0.722 bits per heavy atom. The number of rotatable bonds is 30. The number of carbonyl (C=O) groups excluding carboxylic acids is 7.